The molecule has 0 unspecified atom stereocenters. The number of methoxy groups -OCH3 is 1. The molecule has 1 fully saturated rings. The van der Waals surface area contributed by atoms with Crippen LogP contribution in [0.3, 0.4) is 0 Å². The van der Waals surface area contributed by atoms with Gasteiger partial charge in [-0.2, -0.15) is 0 Å². The van der Waals surface area contributed by atoms with Crippen LogP contribution in [0.4, 0.5) is 0 Å². The smallest absolute Gasteiger partial charge is 0.331 e. The largest absolute Gasteiger partial charge is 0.467 e. The fourth-order valence-corrected chi connectivity index (χ4v) is 1.46. The summed E-state index contributed by atoms with van der Waals surface area (Å²) in [4.78, 5) is 22.7. The van der Waals surface area contributed by atoms with E-state index in [0.29, 0.717) is 12.8 Å². The van der Waals surface area contributed by atoms with Gasteiger partial charge < -0.3 is 15.8 Å². The standard InChI is InChI=1S/C9H16N2O3/c1-6(10)7(12)11-9(4-3-5-9)8(13)14-2/h6H,3-5,10H2,1-2H3,(H,11,12)/t6-/m1/s1. The number of nitrogens with one attached hydrogen (secondary N) is 1. The fourth-order valence-electron chi connectivity index (χ4n) is 1.46. The van der Waals surface area contributed by atoms with E-state index in [9.17, 15) is 9.59 Å². The lowest BCUT2D eigenvalue weighted by Crippen LogP contribution is -2.61. The van der Waals surface area contributed by atoms with Crippen molar-refractivity contribution in [3.05, 3.63) is 0 Å². The van der Waals surface area contributed by atoms with Gasteiger partial charge in [0.1, 0.15) is 5.54 Å². The van der Waals surface area contributed by atoms with Crippen LogP contribution in [0, 0.1) is 0 Å². The molecule has 14 heavy (non-hydrogen) atoms. The quantitative estimate of drug-likeness (QED) is 0.604. The molecule has 0 bridgehead atoms. The summed E-state index contributed by atoms with van der Waals surface area (Å²) in [6.07, 6.45) is 2.20. The molecule has 5 heteroatoms. The molecule has 0 saturated heterocycles. The molecule has 0 heterocycles. The van der Waals surface area contributed by atoms with E-state index in [1.807, 2.05) is 0 Å². The van der Waals surface area contributed by atoms with Crippen molar-refractivity contribution in [1.29, 1.82) is 0 Å². The summed E-state index contributed by atoms with van der Waals surface area (Å²) >= 11 is 0. The predicted octanol–water partition coefficient (Wildman–Crippen LogP) is -0.454. The average molecular weight is 200 g/mol. The van der Waals surface area contributed by atoms with Crippen molar-refractivity contribution in [2.45, 2.75) is 37.8 Å². The number of hydrogen-bond donors (Lipinski definition) is 2. The highest BCUT2D eigenvalue weighted by Crippen LogP contribution is 2.32. The van der Waals surface area contributed by atoms with Crippen LogP contribution in [0.25, 0.3) is 0 Å². The van der Waals surface area contributed by atoms with Gasteiger partial charge in [-0.15, -0.1) is 0 Å². The molecule has 5 nitrogen and oxygen atoms in total. The zero-order chi connectivity index (χ0) is 10.8. The first kappa shape index (κ1) is 11.0. The number of carbonyl (C=O) groups is 2. The van der Waals surface area contributed by atoms with Gasteiger partial charge in [0.25, 0.3) is 0 Å². The average Bonchev–Trinajstić information content (AvgIpc) is 2.09. The minimum atomic E-state index is -0.806. The normalized spacial score (nSPS) is 20.5. The Balaban J connectivity index is 2.63. The van der Waals surface area contributed by atoms with Crippen LogP contribution < -0.4 is 11.1 Å². The molecule has 1 aliphatic carbocycles. The summed E-state index contributed by atoms with van der Waals surface area (Å²) in [5.74, 6) is -0.687. The first-order valence-electron chi connectivity index (χ1n) is 4.68. The number of hydrogen-bond acceptors (Lipinski definition) is 4. The van der Waals surface area contributed by atoms with Gasteiger partial charge in [0, 0.05) is 0 Å². The maximum Gasteiger partial charge on any atom is 0.331 e. The van der Waals surface area contributed by atoms with Crippen LogP contribution in [0.15, 0.2) is 0 Å². The molecular weight excluding hydrogens is 184 g/mol. The molecule has 1 amide bonds. The molecule has 1 aliphatic rings. The molecule has 0 aromatic heterocycles. The molecule has 0 aromatic rings. The van der Waals surface area contributed by atoms with E-state index in [0.717, 1.165) is 6.42 Å². The van der Waals surface area contributed by atoms with E-state index < -0.39 is 11.6 Å². The van der Waals surface area contributed by atoms with Crippen molar-refractivity contribution in [3.63, 3.8) is 0 Å². The van der Waals surface area contributed by atoms with E-state index >= 15 is 0 Å². The Bertz CT molecular complexity index is 246. The van der Waals surface area contributed by atoms with E-state index in [-0.39, 0.29) is 11.9 Å². The highest BCUT2D eigenvalue weighted by Gasteiger charge is 2.46. The Morgan fingerprint density at radius 1 is 1.50 bits per heavy atom. The summed E-state index contributed by atoms with van der Waals surface area (Å²) in [5.41, 5.74) is 4.59. The first-order valence-corrected chi connectivity index (χ1v) is 4.68. The summed E-state index contributed by atoms with van der Waals surface area (Å²) in [6, 6.07) is -0.600. The Morgan fingerprint density at radius 2 is 2.07 bits per heavy atom. The van der Waals surface area contributed by atoms with E-state index in [1.165, 1.54) is 7.11 Å². The maximum atomic E-state index is 11.4. The zero-order valence-electron chi connectivity index (χ0n) is 8.50. The van der Waals surface area contributed by atoms with Crippen molar-refractivity contribution in [2.75, 3.05) is 7.11 Å². The number of rotatable bonds is 3. The monoisotopic (exact) mass is 200 g/mol. The molecule has 0 radical (unpaired) electrons. The minimum Gasteiger partial charge on any atom is -0.467 e. The van der Waals surface area contributed by atoms with Gasteiger partial charge in [0.05, 0.1) is 13.2 Å². The van der Waals surface area contributed by atoms with Crippen LogP contribution in [0.2, 0.25) is 0 Å². The van der Waals surface area contributed by atoms with Crippen molar-refractivity contribution in [3.8, 4) is 0 Å². The van der Waals surface area contributed by atoms with Gasteiger partial charge in [0.2, 0.25) is 5.91 Å². The predicted molar refractivity (Wildman–Crippen MR) is 50.4 cm³/mol. The molecule has 1 saturated carbocycles. The van der Waals surface area contributed by atoms with Gasteiger partial charge in [-0.05, 0) is 26.2 Å². The maximum absolute atomic E-state index is 11.4. The number of amides is 1. The Morgan fingerprint density at radius 3 is 2.36 bits per heavy atom. The van der Waals surface area contributed by atoms with E-state index in [2.05, 4.69) is 10.1 Å². The number of nitrogens with two attached hydrogens (primary N) is 1. The number of carbonyl (C=O) groups excluding carboxylic acids is 2. The van der Waals surface area contributed by atoms with Gasteiger partial charge in [-0.25, -0.2) is 4.79 Å². The zero-order valence-corrected chi connectivity index (χ0v) is 8.50. The highest BCUT2D eigenvalue weighted by atomic mass is 16.5. The van der Waals surface area contributed by atoms with Crippen molar-refractivity contribution < 1.29 is 14.3 Å². The van der Waals surface area contributed by atoms with E-state index in [1.54, 1.807) is 6.92 Å². The van der Waals surface area contributed by atoms with Crippen LogP contribution in [0.5, 0.6) is 0 Å². The summed E-state index contributed by atoms with van der Waals surface area (Å²) in [6.45, 7) is 1.58. The lowest BCUT2D eigenvalue weighted by atomic mass is 9.76. The molecule has 0 aromatic carbocycles. The van der Waals surface area contributed by atoms with Crippen molar-refractivity contribution in [1.82, 2.24) is 5.32 Å². The van der Waals surface area contributed by atoms with E-state index in [4.69, 9.17) is 5.73 Å². The molecular formula is C9H16N2O3. The number of ether oxygens (including phenoxy) is 1. The molecule has 1 atom stereocenters. The second-order valence-electron chi connectivity index (χ2n) is 3.71. The summed E-state index contributed by atoms with van der Waals surface area (Å²) in [7, 11) is 1.32. The van der Waals surface area contributed by atoms with Gasteiger partial charge in [0.15, 0.2) is 0 Å². The molecule has 1 rings (SSSR count). The second-order valence-corrected chi connectivity index (χ2v) is 3.71. The highest BCUT2D eigenvalue weighted by molar-refractivity contribution is 5.90. The molecule has 3 N–H and O–H groups in total. The summed E-state index contributed by atoms with van der Waals surface area (Å²) in [5, 5.41) is 2.64. The SMILES string of the molecule is COC(=O)C1(NC(=O)[C@@H](C)N)CCC1. The fraction of sp³-hybridized carbons (Fsp3) is 0.778. The third kappa shape index (κ3) is 1.87. The Hall–Kier alpha value is -1.10. The third-order valence-corrected chi connectivity index (χ3v) is 2.56. The molecule has 80 valence electrons. The van der Waals surface area contributed by atoms with Crippen molar-refractivity contribution in [2.24, 2.45) is 5.73 Å². The molecule has 0 spiro atoms. The third-order valence-electron chi connectivity index (χ3n) is 2.56. The topological polar surface area (TPSA) is 81.4 Å². The van der Waals surface area contributed by atoms with Gasteiger partial charge >= 0.3 is 5.97 Å². The Labute approximate surface area is 83.0 Å². The Kier molecular flexibility index (Phi) is 3.10. The molecule has 0 aliphatic heterocycles. The van der Waals surface area contributed by atoms with Crippen LogP contribution in [0.1, 0.15) is 26.2 Å². The minimum absolute atomic E-state index is 0.310. The summed E-state index contributed by atoms with van der Waals surface area (Å²) < 4.78 is 4.64. The number of esters is 1. The first-order chi connectivity index (χ1) is 6.52. The van der Waals surface area contributed by atoms with Crippen molar-refractivity contribution >= 4 is 11.9 Å². The van der Waals surface area contributed by atoms with Crippen LogP contribution in [-0.4, -0.2) is 30.6 Å². The second kappa shape index (κ2) is 3.96. The lowest BCUT2D eigenvalue weighted by Gasteiger charge is -2.39. The van der Waals surface area contributed by atoms with Gasteiger partial charge in [-0.3, -0.25) is 4.79 Å². The van der Waals surface area contributed by atoms with Gasteiger partial charge in [-0.1, -0.05) is 0 Å². The van der Waals surface area contributed by atoms with Crippen LogP contribution in [-0.2, 0) is 14.3 Å². The van der Waals surface area contributed by atoms with Crippen LogP contribution >= 0.6 is 0 Å². The lowest BCUT2D eigenvalue weighted by molar-refractivity contribution is -0.155.